The molecule has 4 heteroatoms. The Labute approximate surface area is 121 Å². The number of hydrogen-bond acceptors (Lipinski definition) is 3. The number of ether oxygens (including phenoxy) is 2. The first-order valence-electron chi connectivity index (χ1n) is 7.10. The van der Waals surface area contributed by atoms with Gasteiger partial charge in [0.05, 0.1) is 26.4 Å². The molecule has 112 valence electrons. The molecular weight excluding hydrogens is 254 g/mol. The van der Waals surface area contributed by atoms with E-state index in [1.54, 1.807) is 14.0 Å². The van der Waals surface area contributed by atoms with Crippen molar-refractivity contribution in [1.82, 2.24) is 0 Å². The molecule has 0 aliphatic heterocycles. The zero-order chi connectivity index (χ0) is 14.8. The molecule has 1 rings (SSSR count). The molecule has 0 saturated carbocycles. The van der Waals surface area contributed by atoms with E-state index >= 15 is 0 Å². The zero-order valence-electron chi connectivity index (χ0n) is 12.6. The van der Waals surface area contributed by atoms with Crippen LogP contribution in [-0.2, 0) is 0 Å². The summed E-state index contributed by atoms with van der Waals surface area (Å²) in [5.41, 5.74) is 1.10. The molecule has 0 spiro atoms. The van der Waals surface area contributed by atoms with E-state index < -0.39 is 0 Å². The maximum Gasteiger partial charge on any atom is 0.161 e. The summed E-state index contributed by atoms with van der Waals surface area (Å²) in [5.74, 6) is 1.53. The van der Waals surface area contributed by atoms with Gasteiger partial charge in [0, 0.05) is 6.42 Å². The molecule has 0 saturated heterocycles. The number of hydrogen-bond donors (Lipinski definition) is 2. The highest BCUT2D eigenvalue weighted by atomic mass is 16.5. The molecule has 0 bridgehead atoms. The summed E-state index contributed by atoms with van der Waals surface area (Å²) in [4.78, 5) is 0. The Bertz CT molecular complexity index is 416. The second-order valence-electron chi connectivity index (χ2n) is 4.77. The first-order valence-corrected chi connectivity index (χ1v) is 7.10. The highest BCUT2D eigenvalue weighted by molar-refractivity contribution is 5.55. The minimum Gasteiger partial charge on any atom is -0.493 e. The summed E-state index contributed by atoms with van der Waals surface area (Å²) in [6.07, 6.45) is 4.70. The van der Waals surface area contributed by atoms with Gasteiger partial charge in [-0.2, -0.15) is 0 Å². The fraction of sp³-hybridized carbons (Fsp3) is 0.500. The van der Waals surface area contributed by atoms with Crippen LogP contribution in [-0.4, -0.2) is 38.0 Å². The monoisotopic (exact) mass is 280 g/mol. The standard InChI is InChI=1S/C16H25NO3/c1-4-6-14-7-8-15(16(11-14)19-3)20-10-5-9-17-12-13(2)18/h4,6-8,11,13,17-18H,5,9-10,12H2,1-3H3/p+1/b6-4+/t13-/m1/s1. The fourth-order valence-corrected chi connectivity index (χ4v) is 1.87. The van der Waals surface area contributed by atoms with Crippen LogP contribution in [0.5, 0.6) is 11.5 Å². The van der Waals surface area contributed by atoms with Crippen molar-refractivity contribution in [1.29, 1.82) is 0 Å². The maximum absolute atomic E-state index is 9.14. The van der Waals surface area contributed by atoms with E-state index in [1.165, 1.54) is 0 Å². The molecule has 20 heavy (non-hydrogen) atoms. The Kier molecular flexibility index (Phi) is 7.77. The van der Waals surface area contributed by atoms with Crippen LogP contribution in [0.2, 0.25) is 0 Å². The molecule has 0 heterocycles. The number of aliphatic hydroxyl groups excluding tert-OH is 1. The lowest BCUT2D eigenvalue weighted by molar-refractivity contribution is -0.660. The van der Waals surface area contributed by atoms with Crippen LogP contribution in [0.1, 0.15) is 25.8 Å². The lowest BCUT2D eigenvalue weighted by Crippen LogP contribution is -2.86. The predicted molar refractivity (Wildman–Crippen MR) is 81.2 cm³/mol. The third-order valence-corrected chi connectivity index (χ3v) is 2.86. The zero-order valence-corrected chi connectivity index (χ0v) is 12.6. The third kappa shape index (κ3) is 6.08. The van der Waals surface area contributed by atoms with E-state index in [1.807, 2.05) is 37.3 Å². The SMILES string of the molecule is C/C=C/c1ccc(OCCC[NH2+]C[C@@H](C)O)c(OC)c1. The van der Waals surface area contributed by atoms with Gasteiger partial charge >= 0.3 is 0 Å². The van der Waals surface area contributed by atoms with Gasteiger partial charge in [-0.25, -0.2) is 0 Å². The average molecular weight is 280 g/mol. The van der Waals surface area contributed by atoms with E-state index in [4.69, 9.17) is 14.6 Å². The number of aliphatic hydroxyl groups is 1. The third-order valence-electron chi connectivity index (χ3n) is 2.86. The minimum atomic E-state index is -0.254. The number of methoxy groups -OCH3 is 1. The van der Waals surface area contributed by atoms with Gasteiger partial charge in [0.1, 0.15) is 6.54 Å². The van der Waals surface area contributed by atoms with E-state index in [2.05, 4.69) is 5.32 Å². The highest BCUT2D eigenvalue weighted by Crippen LogP contribution is 2.28. The molecule has 1 aromatic carbocycles. The van der Waals surface area contributed by atoms with Crippen molar-refractivity contribution >= 4 is 6.08 Å². The van der Waals surface area contributed by atoms with Crippen molar-refractivity contribution in [2.45, 2.75) is 26.4 Å². The molecule has 0 unspecified atom stereocenters. The molecule has 0 fully saturated rings. The molecular formula is C16H26NO3+. The number of rotatable bonds is 9. The van der Waals surface area contributed by atoms with E-state index in [9.17, 15) is 0 Å². The number of nitrogens with two attached hydrogens (primary N) is 1. The van der Waals surface area contributed by atoms with Crippen LogP contribution in [0.15, 0.2) is 24.3 Å². The maximum atomic E-state index is 9.14. The van der Waals surface area contributed by atoms with Gasteiger partial charge in [-0.05, 0) is 31.5 Å². The topological polar surface area (TPSA) is 55.3 Å². The molecule has 0 amide bonds. The van der Waals surface area contributed by atoms with Crippen molar-refractivity contribution in [2.75, 3.05) is 26.8 Å². The molecule has 0 aliphatic carbocycles. The van der Waals surface area contributed by atoms with Crippen molar-refractivity contribution in [2.24, 2.45) is 0 Å². The van der Waals surface area contributed by atoms with Crippen LogP contribution in [0.4, 0.5) is 0 Å². The van der Waals surface area contributed by atoms with Crippen molar-refractivity contribution in [3.8, 4) is 11.5 Å². The highest BCUT2D eigenvalue weighted by Gasteiger charge is 2.05. The van der Waals surface area contributed by atoms with Gasteiger partial charge in [-0.15, -0.1) is 0 Å². The van der Waals surface area contributed by atoms with Crippen LogP contribution < -0.4 is 14.8 Å². The summed E-state index contributed by atoms with van der Waals surface area (Å²) >= 11 is 0. The first kappa shape index (κ1) is 16.5. The van der Waals surface area contributed by atoms with E-state index in [0.717, 1.165) is 36.6 Å². The molecule has 0 aliphatic rings. The van der Waals surface area contributed by atoms with Gasteiger partial charge in [0.15, 0.2) is 11.5 Å². The summed E-state index contributed by atoms with van der Waals surface area (Å²) < 4.78 is 11.1. The Hall–Kier alpha value is -1.52. The molecule has 3 N–H and O–H groups in total. The van der Waals surface area contributed by atoms with Gasteiger partial charge < -0.3 is 19.9 Å². The van der Waals surface area contributed by atoms with Crippen molar-refractivity contribution in [3.05, 3.63) is 29.8 Å². The molecule has 1 aromatic rings. The number of allylic oxidation sites excluding steroid dienone is 1. The Morgan fingerprint density at radius 3 is 2.80 bits per heavy atom. The summed E-state index contributed by atoms with van der Waals surface area (Å²) in [6.45, 7) is 6.12. The van der Waals surface area contributed by atoms with E-state index in [-0.39, 0.29) is 6.10 Å². The largest absolute Gasteiger partial charge is 0.493 e. The van der Waals surface area contributed by atoms with Crippen LogP contribution >= 0.6 is 0 Å². The predicted octanol–water partition coefficient (Wildman–Crippen LogP) is 1.44. The normalized spacial score (nSPS) is 12.6. The van der Waals surface area contributed by atoms with Crippen molar-refractivity contribution in [3.63, 3.8) is 0 Å². The first-order chi connectivity index (χ1) is 9.67. The minimum absolute atomic E-state index is 0.254. The lowest BCUT2D eigenvalue weighted by Gasteiger charge is -2.11. The lowest BCUT2D eigenvalue weighted by atomic mass is 10.2. The molecule has 1 atom stereocenters. The molecule has 4 nitrogen and oxygen atoms in total. The summed E-state index contributed by atoms with van der Waals surface area (Å²) in [6, 6.07) is 5.92. The quantitative estimate of drug-likeness (QED) is 0.673. The van der Waals surface area contributed by atoms with E-state index in [0.29, 0.717) is 6.61 Å². The van der Waals surface area contributed by atoms with Crippen LogP contribution in [0.25, 0.3) is 6.08 Å². The Balaban J connectivity index is 2.39. The van der Waals surface area contributed by atoms with Gasteiger partial charge in [-0.1, -0.05) is 18.2 Å². The summed E-state index contributed by atoms with van der Waals surface area (Å²) in [5, 5.41) is 11.2. The van der Waals surface area contributed by atoms with Crippen LogP contribution in [0.3, 0.4) is 0 Å². The second kappa shape index (κ2) is 9.39. The van der Waals surface area contributed by atoms with Gasteiger partial charge in [0.2, 0.25) is 0 Å². The second-order valence-corrected chi connectivity index (χ2v) is 4.77. The van der Waals surface area contributed by atoms with Crippen LogP contribution in [0, 0.1) is 0 Å². The van der Waals surface area contributed by atoms with Gasteiger partial charge in [-0.3, -0.25) is 0 Å². The Morgan fingerprint density at radius 1 is 1.35 bits per heavy atom. The molecule has 0 radical (unpaired) electrons. The average Bonchev–Trinajstić information content (AvgIpc) is 2.43. The number of quaternary nitrogens is 1. The fourth-order valence-electron chi connectivity index (χ4n) is 1.87. The Morgan fingerprint density at radius 2 is 2.15 bits per heavy atom. The number of benzene rings is 1. The molecule has 0 aromatic heterocycles. The van der Waals surface area contributed by atoms with Crippen molar-refractivity contribution < 1.29 is 19.9 Å². The summed E-state index contributed by atoms with van der Waals surface area (Å²) in [7, 11) is 1.65. The van der Waals surface area contributed by atoms with Gasteiger partial charge in [0.25, 0.3) is 0 Å². The smallest absolute Gasteiger partial charge is 0.161 e.